The molecule has 0 saturated carbocycles. The zero-order chi connectivity index (χ0) is 57.7. The summed E-state index contributed by atoms with van der Waals surface area (Å²) < 4.78 is 57.2. The highest BCUT2D eigenvalue weighted by molar-refractivity contribution is 6.01. The molecular formula is C66H76F3N3O9. The highest BCUT2D eigenvalue weighted by atomic mass is 19.1. The van der Waals surface area contributed by atoms with Gasteiger partial charge in [-0.15, -0.1) is 0 Å². The highest BCUT2D eigenvalue weighted by Crippen LogP contribution is 2.38. The number of aliphatic hydroxyl groups is 2. The van der Waals surface area contributed by atoms with Gasteiger partial charge in [-0.05, 0) is 122 Å². The summed E-state index contributed by atoms with van der Waals surface area (Å²) in [7, 11) is 0. The summed E-state index contributed by atoms with van der Waals surface area (Å²) in [6, 6.07) is 44.6. The molecule has 2 N–H and O–H groups in total. The van der Waals surface area contributed by atoms with E-state index in [-0.39, 0.29) is 49.3 Å². The van der Waals surface area contributed by atoms with Crippen LogP contribution in [0.4, 0.5) is 27.6 Å². The molecule has 3 aliphatic rings. The van der Waals surface area contributed by atoms with Gasteiger partial charge in [-0.3, -0.25) is 19.5 Å². The molecule has 3 saturated heterocycles. The molecular weight excluding hydrogens is 1040 g/mol. The van der Waals surface area contributed by atoms with E-state index in [1.165, 1.54) is 42.5 Å². The zero-order valence-corrected chi connectivity index (χ0v) is 46.5. The Morgan fingerprint density at radius 1 is 0.444 bits per heavy atom. The Bertz CT molecular complexity index is 2790. The second kappa shape index (κ2) is 30.9. The first-order valence-corrected chi connectivity index (χ1v) is 28.4. The fourth-order valence-corrected chi connectivity index (χ4v) is 11.3. The molecule has 0 aromatic heterocycles. The number of nitrogens with zero attached hydrogens (tertiary/aromatic N) is 3. The van der Waals surface area contributed by atoms with Crippen LogP contribution in [-0.4, -0.2) is 85.2 Å². The summed E-state index contributed by atoms with van der Waals surface area (Å²) >= 11 is 0. The number of aliphatic hydroxyl groups excluding tert-OH is 2. The SMILES string of the molecule is CCC[C@H]1CC[C@@H](C(=O)c2cccc(F)c2)N1C(=O)OCc1ccccc1.CCC[C@H]1CC[C@@H]([C@@H](O)c2cccc(F)c2)N1C(=O)OCc1ccccc1.CCC[C@H]1CC[C@@H]([C@H](O)c2cccc(F)c2)N1C(=O)OCc1ccccc1. The van der Waals surface area contributed by atoms with E-state index >= 15 is 0 Å². The molecule has 6 aromatic carbocycles. The normalized spacial score (nSPS) is 20.0. The van der Waals surface area contributed by atoms with Gasteiger partial charge >= 0.3 is 18.3 Å². The number of likely N-dealkylation sites (tertiary alicyclic amines) is 3. The molecule has 0 bridgehead atoms. The lowest BCUT2D eigenvalue weighted by molar-refractivity contribution is 0.0331. The van der Waals surface area contributed by atoms with Gasteiger partial charge < -0.3 is 24.4 Å². The molecule has 6 aromatic rings. The van der Waals surface area contributed by atoms with Gasteiger partial charge in [0.2, 0.25) is 0 Å². The van der Waals surface area contributed by atoms with Crippen molar-refractivity contribution < 1.29 is 56.8 Å². The van der Waals surface area contributed by atoms with Crippen LogP contribution in [0.1, 0.15) is 148 Å². The summed E-state index contributed by atoms with van der Waals surface area (Å²) in [5.41, 5.74) is 3.98. The summed E-state index contributed by atoms with van der Waals surface area (Å²) in [5.74, 6) is -1.48. The van der Waals surface area contributed by atoms with Crippen molar-refractivity contribution in [1.82, 2.24) is 14.7 Å². The summed E-state index contributed by atoms with van der Waals surface area (Å²) in [6.45, 7) is 6.74. The molecule has 12 nitrogen and oxygen atoms in total. The second-order valence-corrected chi connectivity index (χ2v) is 20.9. The zero-order valence-electron chi connectivity index (χ0n) is 46.5. The third kappa shape index (κ3) is 17.0. The summed E-state index contributed by atoms with van der Waals surface area (Å²) in [4.78, 5) is 56.3. The predicted octanol–water partition coefficient (Wildman–Crippen LogP) is 14.6. The van der Waals surface area contributed by atoms with E-state index in [9.17, 15) is 42.6 Å². The number of halogens is 3. The summed E-state index contributed by atoms with van der Waals surface area (Å²) in [6.07, 6.45) is 6.39. The minimum absolute atomic E-state index is 0.0271. The minimum atomic E-state index is -0.938. The Labute approximate surface area is 474 Å². The number of carbonyl (C=O) groups is 4. The van der Waals surface area contributed by atoms with Crippen LogP contribution in [0, 0.1) is 17.5 Å². The van der Waals surface area contributed by atoms with Gasteiger partial charge in [-0.2, -0.15) is 0 Å². The molecule has 3 aliphatic heterocycles. The smallest absolute Gasteiger partial charge is 0.410 e. The Balaban J connectivity index is 0.000000175. The Hall–Kier alpha value is -7.49. The first-order valence-electron chi connectivity index (χ1n) is 28.4. The van der Waals surface area contributed by atoms with E-state index in [0.29, 0.717) is 30.4 Å². The van der Waals surface area contributed by atoms with Gasteiger partial charge in [0.1, 0.15) is 37.3 Å². The van der Waals surface area contributed by atoms with Crippen LogP contribution >= 0.6 is 0 Å². The highest BCUT2D eigenvalue weighted by Gasteiger charge is 2.44. The number of amides is 3. The maximum Gasteiger partial charge on any atom is 0.410 e. The monoisotopic (exact) mass is 1110 g/mol. The van der Waals surface area contributed by atoms with Crippen LogP contribution in [0.15, 0.2) is 164 Å². The lowest BCUT2D eigenvalue weighted by Crippen LogP contribution is -2.45. The van der Waals surface area contributed by atoms with E-state index in [1.807, 2.05) is 91.0 Å². The number of ketones is 1. The average molecular weight is 1110 g/mol. The van der Waals surface area contributed by atoms with E-state index < -0.39 is 66.1 Å². The van der Waals surface area contributed by atoms with E-state index in [4.69, 9.17) is 14.2 Å². The van der Waals surface area contributed by atoms with E-state index in [1.54, 1.807) is 45.0 Å². The average Bonchev–Trinajstić information content (AvgIpc) is 4.29. The molecule has 81 heavy (non-hydrogen) atoms. The molecule has 15 heteroatoms. The number of Topliss-reactive ketones (excluding diaryl/α,β-unsaturated/α-hetero) is 1. The van der Waals surface area contributed by atoms with Gasteiger partial charge in [0.25, 0.3) is 0 Å². The summed E-state index contributed by atoms with van der Waals surface area (Å²) in [5, 5.41) is 21.6. The van der Waals surface area contributed by atoms with Crippen molar-refractivity contribution in [2.24, 2.45) is 0 Å². The third-order valence-electron chi connectivity index (χ3n) is 15.2. The molecule has 3 heterocycles. The van der Waals surface area contributed by atoms with Gasteiger partial charge in [-0.25, -0.2) is 27.6 Å². The molecule has 0 radical (unpaired) electrons. The molecule has 3 amide bonds. The lowest BCUT2D eigenvalue weighted by atomic mass is 10.0. The number of hydrogen-bond acceptors (Lipinski definition) is 9. The van der Waals surface area contributed by atoms with E-state index in [2.05, 4.69) is 20.8 Å². The number of rotatable bonds is 18. The maximum absolute atomic E-state index is 13.6. The molecule has 0 spiro atoms. The number of carbonyl (C=O) groups excluding carboxylic acids is 4. The van der Waals surface area contributed by atoms with Crippen LogP contribution < -0.4 is 0 Å². The van der Waals surface area contributed by atoms with Gasteiger partial charge in [-0.1, -0.05) is 167 Å². The molecule has 3 fully saturated rings. The van der Waals surface area contributed by atoms with E-state index in [0.717, 1.165) is 74.5 Å². The first kappa shape index (κ1) is 61.1. The van der Waals surface area contributed by atoms with Crippen molar-refractivity contribution in [3.05, 3.63) is 215 Å². The molecule has 8 atom stereocenters. The molecule has 430 valence electrons. The Morgan fingerprint density at radius 2 is 0.790 bits per heavy atom. The van der Waals surface area contributed by atoms with Crippen molar-refractivity contribution in [1.29, 1.82) is 0 Å². The van der Waals surface area contributed by atoms with Crippen molar-refractivity contribution in [3.8, 4) is 0 Å². The second-order valence-electron chi connectivity index (χ2n) is 20.9. The van der Waals surface area contributed by atoms with Crippen LogP contribution in [0.5, 0.6) is 0 Å². The molecule has 0 unspecified atom stereocenters. The third-order valence-corrected chi connectivity index (χ3v) is 15.2. The Kier molecular flexibility index (Phi) is 23.3. The van der Waals surface area contributed by atoms with Gasteiger partial charge in [0.05, 0.1) is 30.3 Å². The van der Waals surface area contributed by atoms with Crippen LogP contribution in [-0.2, 0) is 34.0 Å². The lowest BCUT2D eigenvalue weighted by Gasteiger charge is -2.32. The topological polar surface area (TPSA) is 146 Å². The van der Waals surface area contributed by atoms with Crippen LogP contribution in [0.3, 0.4) is 0 Å². The van der Waals surface area contributed by atoms with Crippen LogP contribution in [0.2, 0.25) is 0 Å². The fraction of sp³-hybridized carbons (Fsp3) is 0.394. The fourth-order valence-electron chi connectivity index (χ4n) is 11.3. The van der Waals surface area contributed by atoms with Gasteiger partial charge in [0, 0.05) is 23.7 Å². The largest absolute Gasteiger partial charge is 0.445 e. The van der Waals surface area contributed by atoms with Crippen molar-refractivity contribution >= 4 is 24.1 Å². The number of benzene rings is 6. The minimum Gasteiger partial charge on any atom is -0.445 e. The first-order chi connectivity index (χ1) is 39.3. The maximum atomic E-state index is 13.6. The molecule has 0 aliphatic carbocycles. The number of ether oxygens (including phenoxy) is 3. The molecule has 9 rings (SSSR count). The predicted molar refractivity (Wildman–Crippen MR) is 304 cm³/mol. The van der Waals surface area contributed by atoms with Crippen molar-refractivity contribution in [2.75, 3.05) is 0 Å². The number of hydrogen-bond donors (Lipinski definition) is 2. The van der Waals surface area contributed by atoms with Crippen LogP contribution in [0.25, 0.3) is 0 Å². The van der Waals surface area contributed by atoms with Crippen molar-refractivity contribution in [3.63, 3.8) is 0 Å². The quantitative estimate of drug-likeness (QED) is 0.0634. The van der Waals surface area contributed by atoms with Crippen molar-refractivity contribution in [2.45, 2.75) is 166 Å². The van der Waals surface area contributed by atoms with Gasteiger partial charge in [0.15, 0.2) is 5.78 Å². The Morgan fingerprint density at radius 3 is 1.16 bits per heavy atom. The standard InChI is InChI=1S/2C22H26FNO3.C22H24FNO3/c3*1-2-7-19-12-13-20(21(25)17-10-6-11-18(23)14-17)24(19)22(26)27-15-16-8-4-3-5-9-16/h2*3-6,8-11,14,19-21,25H,2,7,12-13,15H2,1H3;3-6,8-11,14,19-20H,2,7,12-13,15H2,1H3/t19-,20-,21+;19-,20-,21-;19-,20-/m000/s1.